The number of esters is 1. The molecule has 33 heavy (non-hydrogen) atoms. The summed E-state index contributed by atoms with van der Waals surface area (Å²) in [6.07, 6.45) is -0.940. The van der Waals surface area contributed by atoms with Gasteiger partial charge < -0.3 is 4.74 Å². The molecule has 3 aromatic rings. The van der Waals surface area contributed by atoms with Crippen LogP contribution in [0.4, 0.5) is 0 Å². The van der Waals surface area contributed by atoms with Gasteiger partial charge in [-0.25, -0.2) is 0 Å². The number of Topliss-reactive ketones (excluding diaryl/α,β-unsaturated/α-hetero) is 2. The molecule has 0 aliphatic carbocycles. The molecule has 3 aromatic carbocycles. The van der Waals surface area contributed by atoms with E-state index < -0.39 is 22.9 Å². The van der Waals surface area contributed by atoms with Crippen molar-refractivity contribution in [3.63, 3.8) is 0 Å². The van der Waals surface area contributed by atoms with Gasteiger partial charge in [-0.15, -0.1) is 0 Å². The molecule has 4 nitrogen and oxygen atoms in total. The molecule has 5 heteroatoms. The number of carbonyl (C=O) groups excluding carboxylic acids is 3. The van der Waals surface area contributed by atoms with E-state index >= 15 is 0 Å². The Kier molecular flexibility index (Phi) is 6.10. The van der Waals surface area contributed by atoms with Gasteiger partial charge in [0.1, 0.15) is 11.5 Å². The molecular formula is C28H25BrO4. The lowest BCUT2D eigenvalue weighted by atomic mass is 9.64. The summed E-state index contributed by atoms with van der Waals surface area (Å²) in [5.74, 6) is -1.21. The fourth-order valence-corrected chi connectivity index (χ4v) is 4.75. The van der Waals surface area contributed by atoms with Crippen LogP contribution in [-0.2, 0) is 14.3 Å². The highest BCUT2D eigenvalue weighted by Gasteiger charge is 2.58. The molecule has 1 saturated heterocycles. The molecule has 0 saturated carbocycles. The van der Waals surface area contributed by atoms with Crippen LogP contribution in [-0.4, -0.2) is 17.5 Å². The van der Waals surface area contributed by atoms with E-state index in [1.54, 1.807) is 26.0 Å². The van der Waals surface area contributed by atoms with Gasteiger partial charge in [-0.1, -0.05) is 82.7 Å². The van der Waals surface area contributed by atoms with Gasteiger partial charge >= 0.3 is 5.97 Å². The third-order valence-electron chi connectivity index (χ3n) is 6.42. The number of ether oxygens (including phenoxy) is 1. The maximum Gasteiger partial charge on any atom is 0.320 e. The second kappa shape index (κ2) is 8.71. The number of halogens is 1. The van der Waals surface area contributed by atoms with Gasteiger partial charge in [-0.3, -0.25) is 14.4 Å². The zero-order chi connectivity index (χ0) is 23.8. The minimum absolute atomic E-state index is 0.230. The lowest BCUT2D eigenvalue weighted by Gasteiger charge is -2.44. The quantitative estimate of drug-likeness (QED) is 0.223. The first-order valence-electron chi connectivity index (χ1n) is 10.8. The molecular weight excluding hydrogens is 480 g/mol. The van der Waals surface area contributed by atoms with Crippen LogP contribution in [0.3, 0.4) is 0 Å². The van der Waals surface area contributed by atoms with Crippen molar-refractivity contribution >= 4 is 33.5 Å². The molecule has 0 N–H and O–H groups in total. The molecule has 0 bridgehead atoms. The lowest BCUT2D eigenvalue weighted by molar-refractivity contribution is -0.187. The SMILES string of the molecule is CC1(C)C(=O)[C@@](C)(CC(=O)c2ccc(-c3ccccc3)cc2)C(=O)O[C@H]1c1ccc(Br)cc1. The maximum absolute atomic E-state index is 13.6. The Bertz CT molecular complexity index is 1200. The summed E-state index contributed by atoms with van der Waals surface area (Å²) < 4.78 is 6.69. The Morgan fingerprint density at radius 3 is 2.03 bits per heavy atom. The number of hydrogen-bond acceptors (Lipinski definition) is 4. The third-order valence-corrected chi connectivity index (χ3v) is 6.95. The van der Waals surface area contributed by atoms with Crippen LogP contribution in [0, 0.1) is 10.8 Å². The van der Waals surface area contributed by atoms with E-state index in [1.807, 2.05) is 66.7 Å². The van der Waals surface area contributed by atoms with Crippen LogP contribution >= 0.6 is 15.9 Å². The zero-order valence-corrected chi connectivity index (χ0v) is 20.4. The zero-order valence-electron chi connectivity index (χ0n) is 18.8. The van der Waals surface area contributed by atoms with Crippen LogP contribution in [0.25, 0.3) is 11.1 Å². The van der Waals surface area contributed by atoms with Gasteiger partial charge in [-0.05, 0) is 49.6 Å². The van der Waals surface area contributed by atoms with Gasteiger partial charge in [-0.2, -0.15) is 0 Å². The normalized spacial score (nSPS) is 22.0. The summed E-state index contributed by atoms with van der Waals surface area (Å²) in [5.41, 5.74) is 0.734. The minimum atomic E-state index is -1.54. The first-order chi connectivity index (χ1) is 15.6. The highest BCUT2D eigenvalue weighted by Crippen LogP contribution is 2.49. The first kappa shape index (κ1) is 23.1. The van der Waals surface area contributed by atoms with Crippen LogP contribution in [0.5, 0.6) is 0 Å². The van der Waals surface area contributed by atoms with Crippen LogP contribution in [0.2, 0.25) is 0 Å². The molecule has 0 radical (unpaired) electrons. The predicted molar refractivity (Wildman–Crippen MR) is 131 cm³/mol. The Morgan fingerprint density at radius 2 is 1.42 bits per heavy atom. The molecule has 1 fully saturated rings. The average molecular weight is 505 g/mol. The van der Waals surface area contributed by atoms with Gasteiger partial charge in [0.05, 0.1) is 5.41 Å². The predicted octanol–water partition coefficient (Wildman–Crippen LogP) is 6.59. The third kappa shape index (κ3) is 4.30. The second-order valence-electron chi connectivity index (χ2n) is 9.26. The molecule has 4 rings (SSSR count). The molecule has 0 spiro atoms. The molecule has 1 aliphatic rings. The molecule has 0 unspecified atom stereocenters. The Balaban J connectivity index is 1.56. The van der Waals surface area contributed by atoms with E-state index in [2.05, 4.69) is 15.9 Å². The second-order valence-corrected chi connectivity index (χ2v) is 10.2. The summed E-state index contributed by atoms with van der Waals surface area (Å²) in [6, 6.07) is 24.4. The molecule has 168 valence electrons. The molecule has 0 amide bonds. The van der Waals surface area contributed by atoms with Crippen molar-refractivity contribution < 1.29 is 19.1 Å². The number of rotatable bonds is 5. The average Bonchev–Trinajstić information content (AvgIpc) is 2.82. The largest absolute Gasteiger partial charge is 0.456 e. The number of hydrogen-bond donors (Lipinski definition) is 0. The van der Waals surface area contributed by atoms with E-state index in [9.17, 15) is 14.4 Å². The molecule has 2 atom stereocenters. The smallest absolute Gasteiger partial charge is 0.320 e. The number of cyclic esters (lactones) is 1. The Labute approximate surface area is 202 Å². The first-order valence-corrected chi connectivity index (χ1v) is 11.6. The van der Waals surface area contributed by atoms with Crippen molar-refractivity contribution in [3.8, 4) is 11.1 Å². The summed E-state index contributed by atoms with van der Waals surface area (Å²) in [5, 5.41) is 0. The van der Waals surface area contributed by atoms with Crippen molar-refractivity contribution in [3.05, 3.63) is 94.5 Å². The van der Waals surface area contributed by atoms with Gasteiger partial charge in [0, 0.05) is 16.5 Å². The van der Waals surface area contributed by atoms with Crippen molar-refractivity contribution in [1.29, 1.82) is 0 Å². The van der Waals surface area contributed by atoms with E-state index in [1.165, 1.54) is 6.92 Å². The maximum atomic E-state index is 13.6. The summed E-state index contributed by atoms with van der Waals surface area (Å²) in [4.78, 5) is 39.7. The van der Waals surface area contributed by atoms with Crippen LogP contribution < -0.4 is 0 Å². The Hall–Kier alpha value is -3.05. The van der Waals surface area contributed by atoms with E-state index in [-0.39, 0.29) is 18.0 Å². The molecule has 0 aromatic heterocycles. The Morgan fingerprint density at radius 1 is 0.848 bits per heavy atom. The fraction of sp³-hybridized carbons (Fsp3) is 0.250. The summed E-state index contributed by atoms with van der Waals surface area (Å²) >= 11 is 3.39. The van der Waals surface area contributed by atoms with Crippen molar-refractivity contribution in [2.45, 2.75) is 33.3 Å². The van der Waals surface area contributed by atoms with Crippen molar-refractivity contribution in [1.82, 2.24) is 0 Å². The number of ketones is 2. The summed E-state index contributed by atoms with van der Waals surface area (Å²) in [6.45, 7) is 5.06. The van der Waals surface area contributed by atoms with Crippen molar-refractivity contribution in [2.75, 3.05) is 0 Å². The number of benzene rings is 3. The van der Waals surface area contributed by atoms with Gasteiger partial charge in [0.2, 0.25) is 0 Å². The van der Waals surface area contributed by atoms with E-state index in [0.717, 1.165) is 21.2 Å². The van der Waals surface area contributed by atoms with Crippen LogP contribution in [0.15, 0.2) is 83.3 Å². The molecule has 1 heterocycles. The topological polar surface area (TPSA) is 60.4 Å². The van der Waals surface area contributed by atoms with Crippen LogP contribution in [0.1, 0.15) is 49.2 Å². The minimum Gasteiger partial charge on any atom is -0.456 e. The lowest BCUT2D eigenvalue weighted by Crippen LogP contribution is -2.54. The molecule has 1 aliphatic heterocycles. The monoisotopic (exact) mass is 504 g/mol. The van der Waals surface area contributed by atoms with Gasteiger partial charge in [0.25, 0.3) is 0 Å². The fourth-order valence-electron chi connectivity index (χ4n) is 4.48. The van der Waals surface area contributed by atoms with Gasteiger partial charge in [0.15, 0.2) is 11.6 Å². The highest BCUT2D eigenvalue weighted by atomic mass is 79.9. The summed E-state index contributed by atoms with van der Waals surface area (Å²) in [7, 11) is 0. The number of carbonyl (C=O) groups is 3. The van der Waals surface area contributed by atoms with E-state index in [4.69, 9.17) is 4.74 Å². The standard InChI is InChI=1S/C28H25BrO4/c1-27(2)24(21-13-15-22(29)16-14-21)33-26(32)28(3,25(27)31)17-23(30)20-11-9-19(10-12-20)18-7-5-4-6-8-18/h4-16,24H,17H2,1-3H3/t24-,28+/m0/s1. The van der Waals surface area contributed by atoms with Crippen molar-refractivity contribution in [2.24, 2.45) is 10.8 Å². The van der Waals surface area contributed by atoms with E-state index in [0.29, 0.717) is 5.56 Å². The highest BCUT2D eigenvalue weighted by molar-refractivity contribution is 9.10.